The van der Waals surface area contributed by atoms with Crippen LogP contribution in [0.3, 0.4) is 0 Å². The minimum absolute atomic E-state index is 0.0602. The van der Waals surface area contributed by atoms with Crippen molar-refractivity contribution in [3.05, 3.63) is 38.9 Å². The first-order valence-electron chi connectivity index (χ1n) is 7.53. The van der Waals surface area contributed by atoms with Gasteiger partial charge in [-0.15, -0.1) is 34.4 Å². The molecule has 3 heterocycles. The molecule has 0 unspecified atom stereocenters. The van der Waals surface area contributed by atoms with Gasteiger partial charge in [-0.25, -0.2) is 0 Å². The van der Waals surface area contributed by atoms with Crippen molar-refractivity contribution >= 4 is 46.2 Å². The van der Waals surface area contributed by atoms with Crippen LogP contribution in [0, 0.1) is 0 Å². The van der Waals surface area contributed by atoms with Gasteiger partial charge >= 0.3 is 0 Å². The monoisotopic (exact) mass is 366 g/mol. The van der Waals surface area contributed by atoms with Gasteiger partial charge in [-0.2, -0.15) is 0 Å². The van der Waals surface area contributed by atoms with Crippen molar-refractivity contribution in [2.24, 2.45) is 5.73 Å². The zero-order chi connectivity index (χ0) is 16.4. The Morgan fingerprint density at radius 1 is 1.26 bits per heavy atom. The van der Waals surface area contributed by atoms with Crippen LogP contribution in [0.25, 0.3) is 0 Å². The summed E-state index contributed by atoms with van der Waals surface area (Å²) in [4.78, 5) is 28.4. The van der Waals surface area contributed by atoms with E-state index in [1.165, 1.54) is 15.5 Å². The van der Waals surface area contributed by atoms with E-state index in [-0.39, 0.29) is 11.9 Å². The highest BCUT2D eigenvalue weighted by Gasteiger charge is 2.32. The van der Waals surface area contributed by atoms with Crippen LogP contribution < -0.4 is 5.73 Å². The summed E-state index contributed by atoms with van der Waals surface area (Å²) in [6.45, 7) is 2.87. The van der Waals surface area contributed by atoms with Gasteiger partial charge in [0.2, 0.25) is 0 Å². The molecular formula is C16H18N2O2S3. The molecule has 2 aromatic rings. The summed E-state index contributed by atoms with van der Waals surface area (Å²) in [5.74, 6) is 0.692. The number of nitrogens with two attached hydrogens (primary N) is 1. The molecule has 1 aliphatic heterocycles. The van der Waals surface area contributed by atoms with E-state index >= 15 is 0 Å². The molecule has 0 aliphatic carbocycles. The summed E-state index contributed by atoms with van der Waals surface area (Å²) in [7, 11) is 0. The molecule has 0 aromatic carbocycles. The Balaban J connectivity index is 1.79. The van der Waals surface area contributed by atoms with E-state index in [1.54, 1.807) is 29.2 Å². The normalized spacial score (nSPS) is 17.6. The Kier molecular flexibility index (Phi) is 5.08. The fraction of sp³-hybridized carbons (Fsp3) is 0.375. The fourth-order valence-corrected chi connectivity index (χ4v) is 5.78. The van der Waals surface area contributed by atoms with Gasteiger partial charge < -0.3 is 10.6 Å². The molecule has 1 saturated heterocycles. The zero-order valence-electron chi connectivity index (χ0n) is 12.8. The molecule has 1 atom stereocenters. The molecule has 2 amide bonds. The number of hydrogen-bond acceptors (Lipinski definition) is 5. The molecule has 0 bridgehead atoms. The maximum Gasteiger partial charge on any atom is 0.264 e. The number of rotatable bonds is 5. The Hall–Kier alpha value is -1.31. The van der Waals surface area contributed by atoms with Gasteiger partial charge in [0.15, 0.2) is 0 Å². The van der Waals surface area contributed by atoms with Crippen molar-refractivity contribution in [3.63, 3.8) is 0 Å². The van der Waals surface area contributed by atoms with Gasteiger partial charge in [0.25, 0.3) is 11.8 Å². The summed E-state index contributed by atoms with van der Waals surface area (Å²) < 4.78 is 1.18. The highest BCUT2D eigenvalue weighted by molar-refractivity contribution is 8.01. The van der Waals surface area contributed by atoms with E-state index in [9.17, 15) is 9.59 Å². The average Bonchev–Trinajstić information content (AvgIpc) is 3.26. The van der Waals surface area contributed by atoms with Crippen molar-refractivity contribution in [1.82, 2.24) is 4.90 Å². The maximum atomic E-state index is 12.8. The molecule has 3 rings (SSSR count). The highest BCUT2D eigenvalue weighted by atomic mass is 32.2. The minimum Gasteiger partial charge on any atom is -0.365 e. The third-order valence-corrected chi connectivity index (χ3v) is 7.17. The van der Waals surface area contributed by atoms with Crippen LogP contribution in [-0.4, -0.2) is 29.0 Å². The maximum absolute atomic E-state index is 12.8. The Morgan fingerprint density at radius 3 is 2.74 bits per heavy atom. The van der Waals surface area contributed by atoms with Crippen LogP contribution in [0.2, 0.25) is 0 Å². The molecule has 122 valence electrons. The number of hydrogen-bond donors (Lipinski definition) is 1. The van der Waals surface area contributed by atoms with Crippen molar-refractivity contribution in [2.45, 2.75) is 30.0 Å². The second kappa shape index (κ2) is 7.07. The lowest BCUT2D eigenvalue weighted by Crippen LogP contribution is -2.29. The fourth-order valence-electron chi connectivity index (χ4n) is 2.77. The second-order valence-corrected chi connectivity index (χ2v) is 9.04. The standard InChI is InChI=1S/C16H18N2O2S3/c1-2-21-14-8-7-13(23-14)16(20)18-9-3-4-10(18)11-5-6-12(22-11)15(17)19/h5-8,10H,2-4,9H2,1H3,(H2,17,19)/t10-/m0/s1. The first-order valence-corrected chi connectivity index (χ1v) is 10.1. The van der Waals surface area contributed by atoms with Crippen LogP contribution in [0.15, 0.2) is 28.5 Å². The molecular weight excluding hydrogens is 348 g/mol. The van der Waals surface area contributed by atoms with Gasteiger partial charge in [0.05, 0.1) is 20.0 Å². The highest BCUT2D eigenvalue weighted by Crippen LogP contribution is 2.38. The van der Waals surface area contributed by atoms with E-state index in [0.29, 0.717) is 4.88 Å². The SMILES string of the molecule is CCSc1ccc(C(=O)N2CCC[C@H]2c2ccc(C(N)=O)s2)s1. The Bertz CT molecular complexity index is 722. The lowest BCUT2D eigenvalue weighted by molar-refractivity contribution is 0.0742. The number of carbonyl (C=O) groups is 2. The molecule has 1 fully saturated rings. The molecule has 0 saturated carbocycles. The molecule has 0 spiro atoms. The van der Waals surface area contributed by atoms with Crippen molar-refractivity contribution in [1.29, 1.82) is 0 Å². The number of thioether (sulfide) groups is 1. The third kappa shape index (κ3) is 3.46. The summed E-state index contributed by atoms with van der Waals surface area (Å²) in [6, 6.07) is 7.68. The van der Waals surface area contributed by atoms with Crippen LogP contribution in [0.5, 0.6) is 0 Å². The summed E-state index contributed by atoms with van der Waals surface area (Å²) in [5, 5.41) is 0. The van der Waals surface area contributed by atoms with Crippen molar-refractivity contribution in [2.75, 3.05) is 12.3 Å². The van der Waals surface area contributed by atoms with Gasteiger partial charge in [0.1, 0.15) is 0 Å². The molecule has 0 radical (unpaired) electrons. The first-order chi connectivity index (χ1) is 11.1. The van der Waals surface area contributed by atoms with Crippen molar-refractivity contribution in [3.8, 4) is 0 Å². The number of nitrogens with zero attached hydrogens (tertiary/aromatic N) is 1. The minimum atomic E-state index is -0.406. The van der Waals surface area contributed by atoms with Crippen LogP contribution in [0.1, 0.15) is 50.0 Å². The smallest absolute Gasteiger partial charge is 0.264 e. The van der Waals surface area contributed by atoms with Gasteiger partial charge in [-0.1, -0.05) is 6.92 Å². The number of likely N-dealkylation sites (tertiary alicyclic amines) is 1. The summed E-state index contributed by atoms with van der Waals surface area (Å²) >= 11 is 4.72. The summed E-state index contributed by atoms with van der Waals surface area (Å²) in [5.41, 5.74) is 5.33. The lowest BCUT2D eigenvalue weighted by Gasteiger charge is -2.23. The zero-order valence-corrected chi connectivity index (χ0v) is 15.2. The topological polar surface area (TPSA) is 63.4 Å². The van der Waals surface area contributed by atoms with Crippen LogP contribution in [-0.2, 0) is 0 Å². The number of primary amides is 1. The van der Waals surface area contributed by atoms with Gasteiger partial charge in [-0.3, -0.25) is 9.59 Å². The average molecular weight is 367 g/mol. The quantitative estimate of drug-likeness (QED) is 0.814. The van der Waals surface area contributed by atoms with E-state index in [4.69, 9.17) is 5.73 Å². The largest absolute Gasteiger partial charge is 0.365 e. The number of thiophene rings is 2. The molecule has 2 N–H and O–H groups in total. The lowest BCUT2D eigenvalue weighted by atomic mass is 10.2. The molecule has 2 aromatic heterocycles. The molecule has 23 heavy (non-hydrogen) atoms. The Morgan fingerprint density at radius 2 is 2.04 bits per heavy atom. The predicted octanol–water partition coefficient (Wildman–Crippen LogP) is 4.00. The van der Waals surface area contributed by atoms with Crippen molar-refractivity contribution < 1.29 is 9.59 Å². The van der Waals surface area contributed by atoms with Crippen LogP contribution >= 0.6 is 34.4 Å². The van der Waals surface area contributed by atoms with E-state index in [2.05, 4.69) is 6.92 Å². The summed E-state index contributed by atoms with van der Waals surface area (Å²) in [6.07, 6.45) is 1.93. The van der Waals surface area contributed by atoms with E-state index < -0.39 is 5.91 Å². The second-order valence-electron chi connectivity index (χ2n) is 5.27. The molecule has 4 nitrogen and oxygen atoms in total. The Labute approximate surface area is 147 Å². The van der Waals surface area contributed by atoms with Crippen LogP contribution in [0.4, 0.5) is 0 Å². The third-order valence-electron chi connectivity index (χ3n) is 3.79. The van der Waals surface area contributed by atoms with Gasteiger partial charge in [0, 0.05) is 11.4 Å². The first kappa shape index (κ1) is 16.5. The molecule has 1 aliphatic rings. The number of carbonyl (C=O) groups excluding carboxylic acids is 2. The number of amides is 2. The molecule has 7 heteroatoms. The van der Waals surface area contributed by atoms with E-state index in [0.717, 1.165) is 34.9 Å². The van der Waals surface area contributed by atoms with E-state index in [1.807, 2.05) is 23.1 Å². The van der Waals surface area contributed by atoms with Gasteiger partial charge in [-0.05, 0) is 42.9 Å². The predicted molar refractivity (Wildman–Crippen MR) is 96.6 cm³/mol.